The summed E-state index contributed by atoms with van der Waals surface area (Å²) in [5, 5.41) is 0. The van der Waals surface area contributed by atoms with Crippen molar-refractivity contribution in [1.29, 1.82) is 0 Å². The number of ether oxygens (including phenoxy) is 5. The summed E-state index contributed by atoms with van der Waals surface area (Å²) in [6, 6.07) is -0.935. The first-order valence-electron chi connectivity index (χ1n) is 11.8. The van der Waals surface area contributed by atoms with Crippen molar-refractivity contribution < 1.29 is 51.7 Å². The molecule has 3 heterocycles. The quantitative estimate of drug-likeness (QED) is 0.252. The van der Waals surface area contributed by atoms with Crippen molar-refractivity contribution in [1.82, 2.24) is 4.90 Å². The fraction of sp³-hybridized carbons (Fsp3) is 0.864. The molecule has 7 atom stereocenters. The van der Waals surface area contributed by atoms with E-state index in [1.807, 2.05) is 13.8 Å². The van der Waals surface area contributed by atoms with Crippen molar-refractivity contribution in [3.05, 3.63) is 0 Å². The van der Waals surface area contributed by atoms with Gasteiger partial charge in [-0.05, 0) is 26.7 Å². The summed E-state index contributed by atoms with van der Waals surface area (Å²) in [5.74, 6) is -4.77. The molecule has 3 unspecified atom stereocenters. The fourth-order valence-electron chi connectivity index (χ4n) is 4.78. The van der Waals surface area contributed by atoms with E-state index in [-0.39, 0.29) is 13.0 Å². The fourth-order valence-corrected chi connectivity index (χ4v) is 6.02. The SMILES string of the molecule is CCCCOP(C)(=O)OC1(C(=O)OC)C[C@H]2OC(=O)N(C(C)=O)[C@H]2C([C@@H]2OC(C)(C)O[C@@H]2CC)O1. The van der Waals surface area contributed by atoms with Crippen LogP contribution in [0.5, 0.6) is 0 Å². The number of imide groups is 1. The molecule has 3 saturated heterocycles. The zero-order chi connectivity index (χ0) is 26.2. The average Bonchev–Trinajstić information content (AvgIpc) is 3.26. The van der Waals surface area contributed by atoms with E-state index in [1.54, 1.807) is 13.8 Å². The number of methoxy groups -OCH3 is 1. The molecule has 3 rings (SSSR count). The van der Waals surface area contributed by atoms with Gasteiger partial charge in [0.2, 0.25) is 5.91 Å². The minimum atomic E-state index is -3.83. The summed E-state index contributed by atoms with van der Waals surface area (Å²) in [7, 11) is -2.70. The number of carbonyl (C=O) groups excluding carboxylic acids is 3. The highest BCUT2D eigenvalue weighted by molar-refractivity contribution is 7.53. The molecule has 2 amide bonds. The Morgan fingerprint density at radius 1 is 1.17 bits per heavy atom. The molecule has 0 aromatic rings. The van der Waals surface area contributed by atoms with Gasteiger partial charge in [-0.1, -0.05) is 20.3 Å². The zero-order valence-electron chi connectivity index (χ0n) is 21.3. The van der Waals surface area contributed by atoms with Gasteiger partial charge in [0, 0.05) is 13.6 Å². The molecule has 0 aromatic carbocycles. The first-order chi connectivity index (χ1) is 16.3. The summed E-state index contributed by atoms with van der Waals surface area (Å²) in [6.45, 7) is 9.88. The van der Waals surface area contributed by atoms with Gasteiger partial charge in [0.05, 0.1) is 26.2 Å². The number of carbonyl (C=O) groups is 3. The van der Waals surface area contributed by atoms with Gasteiger partial charge in [-0.2, -0.15) is 0 Å². The third-order valence-electron chi connectivity index (χ3n) is 6.18. The van der Waals surface area contributed by atoms with Crippen molar-refractivity contribution in [3.63, 3.8) is 0 Å². The lowest BCUT2D eigenvalue weighted by atomic mass is 9.88. The van der Waals surface area contributed by atoms with Gasteiger partial charge in [-0.3, -0.25) is 13.9 Å². The largest absolute Gasteiger partial charge is 0.465 e. The second-order valence-corrected chi connectivity index (χ2v) is 11.4. The van der Waals surface area contributed by atoms with Crippen LogP contribution in [0.2, 0.25) is 0 Å². The van der Waals surface area contributed by atoms with E-state index in [0.717, 1.165) is 18.4 Å². The molecule has 0 N–H and O–H groups in total. The first-order valence-corrected chi connectivity index (χ1v) is 13.8. The Balaban J connectivity index is 2.05. The maximum atomic E-state index is 13.2. The maximum absolute atomic E-state index is 13.2. The van der Waals surface area contributed by atoms with Crippen LogP contribution in [0.3, 0.4) is 0 Å². The van der Waals surface area contributed by atoms with Crippen LogP contribution in [-0.4, -0.2) is 85.3 Å². The lowest BCUT2D eigenvalue weighted by Gasteiger charge is -2.46. The maximum Gasteiger partial charge on any atom is 0.417 e. The molecule has 0 saturated carbocycles. The third-order valence-corrected chi connectivity index (χ3v) is 7.46. The predicted octanol–water partition coefficient (Wildman–Crippen LogP) is 2.97. The van der Waals surface area contributed by atoms with Crippen LogP contribution in [0.25, 0.3) is 0 Å². The van der Waals surface area contributed by atoms with E-state index < -0.39 is 67.6 Å². The number of fused-ring (bicyclic) bond motifs is 1. The molecule has 0 aliphatic carbocycles. The number of hydrogen-bond acceptors (Lipinski definition) is 11. The Morgan fingerprint density at radius 2 is 1.86 bits per heavy atom. The van der Waals surface area contributed by atoms with E-state index in [2.05, 4.69) is 0 Å². The van der Waals surface area contributed by atoms with E-state index in [4.69, 9.17) is 32.7 Å². The molecule has 12 nitrogen and oxygen atoms in total. The number of esters is 1. The predicted molar refractivity (Wildman–Crippen MR) is 120 cm³/mol. The van der Waals surface area contributed by atoms with Crippen molar-refractivity contribution in [3.8, 4) is 0 Å². The molecule has 3 aliphatic heterocycles. The van der Waals surface area contributed by atoms with Crippen LogP contribution in [0.15, 0.2) is 0 Å². The summed E-state index contributed by atoms with van der Waals surface area (Å²) in [5.41, 5.74) is 0. The smallest absolute Gasteiger partial charge is 0.417 e. The van der Waals surface area contributed by atoms with Crippen molar-refractivity contribution in [2.75, 3.05) is 20.4 Å². The number of rotatable bonds is 9. The van der Waals surface area contributed by atoms with Crippen LogP contribution in [0.1, 0.15) is 60.3 Å². The summed E-state index contributed by atoms with van der Waals surface area (Å²) in [4.78, 5) is 39.1. The van der Waals surface area contributed by atoms with Gasteiger partial charge in [0.1, 0.15) is 24.4 Å². The lowest BCUT2D eigenvalue weighted by molar-refractivity contribution is -0.284. The van der Waals surface area contributed by atoms with Crippen molar-refractivity contribution in [2.45, 2.75) is 102 Å². The van der Waals surface area contributed by atoms with Gasteiger partial charge in [-0.25, -0.2) is 14.5 Å². The van der Waals surface area contributed by atoms with Gasteiger partial charge < -0.3 is 28.2 Å². The second kappa shape index (κ2) is 10.4. The van der Waals surface area contributed by atoms with E-state index >= 15 is 0 Å². The number of hydrogen-bond donors (Lipinski definition) is 0. The van der Waals surface area contributed by atoms with Crippen molar-refractivity contribution >= 4 is 25.6 Å². The highest BCUT2D eigenvalue weighted by Crippen LogP contribution is 2.53. The molecular formula is C22H36NO11P. The Bertz CT molecular complexity index is 879. The van der Waals surface area contributed by atoms with Crippen LogP contribution in [0.4, 0.5) is 4.79 Å². The van der Waals surface area contributed by atoms with Crippen LogP contribution < -0.4 is 0 Å². The minimum Gasteiger partial charge on any atom is -0.465 e. The lowest BCUT2D eigenvalue weighted by Crippen LogP contribution is -2.65. The highest BCUT2D eigenvalue weighted by atomic mass is 31.2. The zero-order valence-corrected chi connectivity index (χ0v) is 22.2. The van der Waals surface area contributed by atoms with Gasteiger partial charge in [0.25, 0.3) is 5.79 Å². The van der Waals surface area contributed by atoms with Crippen LogP contribution in [0, 0.1) is 0 Å². The van der Waals surface area contributed by atoms with Gasteiger partial charge >= 0.3 is 19.7 Å². The monoisotopic (exact) mass is 521 g/mol. The van der Waals surface area contributed by atoms with Crippen LogP contribution in [-0.2, 0) is 46.9 Å². The molecule has 35 heavy (non-hydrogen) atoms. The van der Waals surface area contributed by atoms with Gasteiger partial charge in [-0.15, -0.1) is 0 Å². The minimum absolute atomic E-state index is 0.149. The Labute approximate surface area is 205 Å². The Hall–Kier alpha value is -1.56. The molecule has 13 heteroatoms. The molecule has 3 aliphatic rings. The molecular weight excluding hydrogens is 485 g/mol. The average molecular weight is 522 g/mol. The molecule has 3 fully saturated rings. The van der Waals surface area contributed by atoms with Gasteiger partial charge in [0.15, 0.2) is 5.79 Å². The second-order valence-electron chi connectivity index (χ2n) is 9.43. The van der Waals surface area contributed by atoms with E-state index in [9.17, 15) is 18.9 Å². The van der Waals surface area contributed by atoms with E-state index in [0.29, 0.717) is 12.8 Å². The Morgan fingerprint density at radius 3 is 2.43 bits per heavy atom. The summed E-state index contributed by atoms with van der Waals surface area (Å²) in [6.07, 6.45) is -2.76. The van der Waals surface area contributed by atoms with Crippen LogP contribution >= 0.6 is 7.60 Å². The Kier molecular flexibility index (Phi) is 8.35. The third kappa shape index (κ3) is 5.73. The summed E-state index contributed by atoms with van der Waals surface area (Å²) >= 11 is 0. The number of nitrogens with zero attached hydrogens (tertiary/aromatic N) is 1. The van der Waals surface area contributed by atoms with Crippen molar-refractivity contribution in [2.24, 2.45) is 0 Å². The normalized spacial score (nSPS) is 35.8. The van der Waals surface area contributed by atoms with E-state index in [1.165, 1.54) is 13.6 Å². The molecule has 0 radical (unpaired) electrons. The summed E-state index contributed by atoms with van der Waals surface area (Å²) < 4.78 is 53.2. The molecule has 0 bridgehead atoms. The first kappa shape index (κ1) is 28.0. The number of amides is 2. The molecule has 0 spiro atoms. The topological polar surface area (TPSA) is 136 Å². The standard InChI is InChI=1S/C22H36NO11P/c1-8-10-11-29-35(7,27)34-22(19(25)28-6)12-15-16(23(13(3)24)20(26)30-15)18(33-22)17-14(9-2)31-21(4,5)32-17/h14-18H,8-12H2,1-7H3/t14-,15-,16-,17-,18?,22?,35?/m1/s1. The molecule has 200 valence electrons. The molecule has 0 aromatic heterocycles. The number of unbranched alkanes of at least 4 members (excludes halogenated alkanes) is 1. The highest BCUT2D eigenvalue weighted by Gasteiger charge is 2.66.